The number of aliphatic carboxylic acids is 1. The average molecular weight is 248 g/mol. The Morgan fingerprint density at radius 1 is 1.59 bits per heavy atom. The van der Waals surface area contributed by atoms with Crippen LogP contribution in [-0.4, -0.2) is 64.1 Å². The molecule has 0 amide bonds. The minimum atomic E-state index is -2.10. The van der Waals surface area contributed by atoms with E-state index in [4.69, 9.17) is 20.3 Å². The summed E-state index contributed by atoms with van der Waals surface area (Å²) in [6, 6.07) is -0.892. The Morgan fingerprint density at radius 2 is 2.24 bits per heavy atom. The molecule has 2 saturated heterocycles. The van der Waals surface area contributed by atoms with Crippen molar-refractivity contribution >= 4 is 5.97 Å². The van der Waals surface area contributed by atoms with Gasteiger partial charge in [-0.25, -0.2) is 0 Å². The maximum Gasteiger partial charge on any atom is 0.212 e. The third kappa shape index (κ3) is 1.82. The van der Waals surface area contributed by atoms with Gasteiger partial charge in [0, 0.05) is 6.42 Å². The highest BCUT2D eigenvalue weighted by atomic mass is 16.8. The first-order valence-electron chi connectivity index (χ1n) is 5.21. The predicted octanol–water partition coefficient (Wildman–Crippen LogP) is -4.34. The molecule has 5 N–H and O–H groups in total. The number of fused-ring (bicyclic) bond motifs is 2. The van der Waals surface area contributed by atoms with Crippen LogP contribution in [0.5, 0.6) is 0 Å². The molecule has 2 heterocycles. The molecule has 1 unspecified atom stereocenters. The molecule has 8 heteroatoms. The average Bonchev–Trinajstić information content (AvgIpc) is 2.63. The molecule has 0 spiro atoms. The van der Waals surface area contributed by atoms with E-state index in [-0.39, 0.29) is 6.42 Å². The molecular weight excluding hydrogens is 234 g/mol. The van der Waals surface area contributed by atoms with Crippen LogP contribution in [0.2, 0.25) is 0 Å². The van der Waals surface area contributed by atoms with Crippen LogP contribution in [0, 0.1) is 0 Å². The van der Waals surface area contributed by atoms with Gasteiger partial charge in [0.05, 0.1) is 18.8 Å². The maximum absolute atomic E-state index is 11.0. The monoisotopic (exact) mass is 248 g/mol. The molecule has 2 fully saturated rings. The highest BCUT2D eigenvalue weighted by molar-refractivity contribution is 5.74. The number of rotatable bonds is 3. The van der Waals surface area contributed by atoms with Gasteiger partial charge in [0.1, 0.15) is 24.3 Å². The first-order chi connectivity index (χ1) is 7.91. The van der Waals surface area contributed by atoms with Gasteiger partial charge in [-0.3, -0.25) is 0 Å². The molecule has 6 atom stereocenters. The lowest BCUT2D eigenvalue weighted by Crippen LogP contribution is -2.60. The van der Waals surface area contributed by atoms with Gasteiger partial charge < -0.3 is 40.4 Å². The van der Waals surface area contributed by atoms with Crippen molar-refractivity contribution in [3.63, 3.8) is 0 Å². The number of carboxylic acids is 1. The van der Waals surface area contributed by atoms with E-state index in [9.17, 15) is 20.1 Å². The van der Waals surface area contributed by atoms with Gasteiger partial charge in [-0.1, -0.05) is 0 Å². The molecule has 0 aromatic heterocycles. The van der Waals surface area contributed by atoms with Gasteiger partial charge in [-0.2, -0.15) is 0 Å². The molecule has 2 rings (SSSR count). The van der Waals surface area contributed by atoms with Crippen molar-refractivity contribution in [2.24, 2.45) is 5.73 Å². The van der Waals surface area contributed by atoms with E-state index >= 15 is 0 Å². The van der Waals surface area contributed by atoms with Gasteiger partial charge >= 0.3 is 0 Å². The van der Waals surface area contributed by atoms with Crippen LogP contribution in [-0.2, 0) is 14.3 Å². The van der Waals surface area contributed by atoms with Crippen molar-refractivity contribution in [3.05, 3.63) is 0 Å². The van der Waals surface area contributed by atoms with Crippen LogP contribution in [0.1, 0.15) is 6.42 Å². The molecule has 2 bridgehead atoms. The summed E-state index contributed by atoms with van der Waals surface area (Å²) in [4.78, 5) is 11.0. The van der Waals surface area contributed by atoms with Crippen molar-refractivity contribution in [1.82, 2.24) is 0 Å². The van der Waals surface area contributed by atoms with Crippen LogP contribution < -0.4 is 10.8 Å². The van der Waals surface area contributed by atoms with E-state index in [0.717, 1.165) is 0 Å². The molecular formula is C9H14NO7-. The Labute approximate surface area is 96.6 Å². The summed E-state index contributed by atoms with van der Waals surface area (Å²) in [5.41, 5.74) is 5.64. The minimum Gasteiger partial charge on any atom is -0.544 e. The lowest BCUT2D eigenvalue weighted by atomic mass is 9.93. The Bertz CT molecular complexity index is 324. The summed E-state index contributed by atoms with van der Waals surface area (Å²) in [7, 11) is 0. The summed E-state index contributed by atoms with van der Waals surface area (Å²) >= 11 is 0. The van der Waals surface area contributed by atoms with E-state index in [2.05, 4.69) is 0 Å². The molecule has 2 aliphatic rings. The summed E-state index contributed by atoms with van der Waals surface area (Å²) < 4.78 is 10.2. The second-order valence-corrected chi connectivity index (χ2v) is 4.30. The SMILES string of the molecule is N[C@H]1C2O[C@@](C(=O)[O-])(C[C@H]1O)O[C@@H]2[C@H](O)CO. The quantitative estimate of drug-likeness (QED) is 0.392. The van der Waals surface area contributed by atoms with Crippen LogP contribution >= 0.6 is 0 Å². The molecule has 0 aromatic rings. The van der Waals surface area contributed by atoms with E-state index in [0.29, 0.717) is 0 Å². The number of carbonyl (C=O) groups excluding carboxylic acids is 1. The predicted molar refractivity (Wildman–Crippen MR) is 49.2 cm³/mol. The molecule has 0 radical (unpaired) electrons. The second-order valence-electron chi connectivity index (χ2n) is 4.30. The fraction of sp³-hybridized carbons (Fsp3) is 0.889. The lowest BCUT2D eigenvalue weighted by Gasteiger charge is -2.37. The Hall–Kier alpha value is -0.770. The van der Waals surface area contributed by atoms with Gasteiger partial charge in [0.15, 0.2) is 0 Å². The number of aliphatic hydroxyl groups excluding tert-OH is 3. The number of hydrogen-bond acceptors (Lipinski definition) is 8. The molecule has 2 aliphatic heterocycles. The Kier molecular flexibility index (Phi) is 3.10. The summed E-state index contributed by atoms with van der Waals surface area (Å²) in [5, 5.41) is 38.9. The molecule has 98 valence electrons. The van der Waals surface area contributed by atoms with Crippen molar-refractivity contribution < 1.29 is 34.7 Å². The first-order valence-corrected chi connectivity index (χ1v) is 5.21. The van der Waals surface area contributed by atoms with Crippen LogP contribution in [0.4, 0.5) is 0 Å². The number of nitrogens with two attached hydrogens (primary N) is 1. The van der Waals surface area contributed by atoms with E-state index < -0.39 is 48.8 Å². The maximum atomic E-state index is 11.0. The van der Waals surface area contributed by atoms with Crippen molar-refractivity contribution in [2.75, 3.05) is 6.61 Å². The summed E-state index contributed by atoms with van der Waals surface area (Å²) in [5.74, 6) is -3.73. The molecule has 17 heavy (non-hydrogen) atoms. The zero-order chi connectivity index (χ0) is 12.8. The number of carbonyl (C=O) groups is 1. The fourth-order valence-corrected chi connectivity index (χ4v) is 2.21. The molecule has 8 nitrogen and oxygen atoms in total. The Morgan fingerprint density at radius 3 is 2.76 bits per heavy atom. The van der Waals surface area contributed by atoms with Crippen molar-refractivity contribution in [2.45, 2.75) is 42.7 Å². The number of carboxylic acid groups (broad SMARTS) is 1. The van der Waals surface area contributed by atoms with E-state index in [1.165, 1.54) is 0 Å². The molecule has 0 saturated carbocycles. The topological polar surface area (TPSA) is 145 Å². The van der Waals surface area contributed by atoms with Gasteiger partial charge in [-0.15, -0.1) is 0 Å². The number of aliphatic hydroxyl groups is 3. The van der Waals surface area contributed by atoms with Gasteiger partial charge in [0.2, 0.25) is 5.79 Å². The number of ether oxygens (including phenoxy) is 2. The van der Waals surface area contributed by atoms with Crippen LogP contribution in [0.3, 0.4) is 0 Å². The standard InChI is InChI=1S/C9H15NO7/c10-5-3(12)1-9(8(14)15)16-6(4(13)2-11)7(5)17-9/h3-7,11-13H,1-2,10H2,(H,14,15)/p-1/t3-,4-,5-,6-,7?,9-/m1/s1. The first kappa shape index (κ1) is 12.7. The minimum absolute atomic E-state index is 0.373. The van der Waals surface area contributed by atoms with Crippen molar-refractivity contribution in [1.29, 1.82) is 0 Å². The van der Waals surface area contributed by atoms with Crippen LogP contribution in [0.15, 0.2) is 0 Å². The fourth-order valence-electron chi connectivity index (χ4n) is 2.21. The normalized spacial score (nSPS) is 46.8. The third-order valence-corrected chi connectivity index (χ3v) is 3.16. The Balaban J connectivity index is 2.28. The van der Waals surface area contributed by atoms with Crippen LogP contribution in [0.25, 0.3) is 0 Å². The highest BCUT2D eigenvalue weighted by Crippen LogP contribution is 2.40. The van der Waals surface area contributed by atoms with Gasteiger partial charge in [-0.05, 0) is 0 Å². The lowest BCUT2D eigenvalue weighted by molar-refractivity contribution is -0.354. The number of hydrogen-bond donors (Lipinski definition) is 4. The zero-order valence-corrected chi connectivity index (χ0v) is 8.85. The third-order valence-electron chi connectivity index (χ3n) is 3.16. The smallest absolute Gasteiger partial charge is 0.212 e. The van der Waals surface area contributed by atoms with Gasteiger partial charge in [0.25, 0.3) is 0 Å². The zero-order valence-electron chi connectivity index (χ0n) is 8.85. The summed E-state index contributed by atoms with van der Waals surface area (Å²) in [6.45, 7) is -0.629. The highest BCUT2D eigenvalue weighted by Gasteiger charge is 2.59. The largest absolute Gasteiger partial charge is 0.544 e. The van der Waals surface area contributed by atoms with E-state index in [1.807, 2.05) is 0 Å². The summed E-state index contributed by atoms with van der Waals surface area (Å²) in [6.07, 6.45) is -4.95. The second kappa shape index (κ2) is 4.16. The molecule has 0 aromatic carbocycles. The van der Waals surface area contributed by atoms with E-state index in [1.54, 1.807) is 0 Å². The molecule has 0 aliphatic carbocycles. The van der Waals surface area contributed by atoms with Crippen molar-refractivity contribution in [3.8, 4) is 0 Å².